The number of carbonyl (C=O) groups is 1. The van der Waals surface area contributed by atoms with Crippen LogP contribution in [-0.4, -0.2) is 17.6 Å². The van der Waals surface area contributed by atoms with Gasteiger partial charge in [0.2, 0.25) is 5.91 Å². The van der Waals surface area contributed by atoms with E-state index in [0.29, 0.717) is 16.3 Å². The Morgan fingerprint density at radius 1 is 1.61 bits per heavy atom. The van der Waals surface area contributed by atoms with Gasteiger partial charge in [0.1, 0.15) is 16.8 Å². The third kappa shape index (κ3) is 3.36. The number of rotatable bonds is 4. The number of thiophene rings is 1. The summed E-state index contributed by atoms with van der Waals surface area (Å²) in [5.74, 6) is 0.544. The zero-order valence-corrected chi connectivity index (χ0v) is 13.2. The molecule has 23 heavy (non-hydrogen) atoms. The average molecular weight is 328 g/mol. The number of nitrogens with one attached hydrogen (secondary N) is 1. The topological polar surface area (TPSA) is 86.3 Å². The van der Waals surface area contributed by atoms with E-state index >= 15 is 0 Å². The number of hydrogen-bond acceptors (Lipinski definition) is 5. The van der Waals surface area contributed by atoms with Crippen LogP contribution in [0.4, 0.5) is 5.00 Å². The van der Waals surface area contributed by atoms with Crippen LogP contribution in [0, 0.1) is 17.2 Å². The predicted molar refractivity (Wildman–Crippen MR) is 88.0 cm³/mol. The third-order valence-electron chi connectivity index (χ3n) is 3.92. The summed E-state index contributed by atoms with van der Waals surface area (Å²) in [5.41, 5.74) is 1.58. The molecule has 118 valence electrons. The number of anilines is 1. The molecule has 0 radical (unpaired) electrons. The van der Waals surface area contributed by atoms with Crippen molar-refractivity contribution >= 4 is 28.3 Å². The van der Waals surface area contributed by atoms with Crippen LogP contribution >= 0.6 is 11.3 Å². The standard InChI is InChI=1S/C17H16N2O3S/c18-9-14-13-5-3-11(10-20)8-15(13)23-17(14)19-16(21)6-4-12-2-1-7-22-12/h1-2,4,6-7,11,20H,3,5,8,10H2,(H,19,21)/b6-4+. The van der Waals surface area contributed by atoms with Crippen LogP contribution in [0.2, 0.25) is 0 Å². The number of aliphatic hydroxyl groups excluding tert-OH is 1. The van der Waals surface area contributed by atoms with Gasteiger partial charge in [-0.2, -0.15) is 5.26 Å². The molecule has 5 nitrogen and oxygen atoms in total. The molecule has 2 N–H and O–H groups in total. The first kappa shape index (κ1) is 15.5. The molecule has 0 bridgehead atoms. The molecule has 2 aromatic rings. The van der Waals surface area contributed by atoms with Crippen molar-refractivity contribution < 1.29 is 14.3 Å². The maximum absolute atomic E-state index is 12.0. The van der Waals surface area contributed by atoms with Gasteiger partial charge in [-0.3, -0.25) is 4.79 Å². The van der Waals surface area contributed by atoms with Gasteiger partial charge in [-0.05, 0) is 49.0 Å². The number of aliphatic hydroxyl groups is 1. The van der Waals surface area contributed by atoms with Gasteiger partial charge in [0.05, 0.1) is 11.8 Å². The lowest BCUT2D eigenvalue weighted by Crippen LogP contribution is -2.16. The van der Waals surface area contributed by atoms with E-state index in [1.807, 2.05) is 0 Å². The Balaban J connectivity index is 1.77. The fourth-order valence-corrected chi connectivity index (χ4v) is 4.03. The van der Waals surface area contributed by atoms with E-state index in [9.17, 15) is 15.2 Å². The van der Waals surface area contributed by atoms with Crippen molar-refractivity contribution in [1.82, 2.24) is 0 Å². The molecule has 1 amide bonds. The molecule has 0 spiro atoms. The van der Waals surface area contributed by atoms with Gasteiger partial charge in [-0.1, -0.05) is 0 Å². The van der Waals surface area contributed by atoms with E-state index in [-0.39, 0.29) is 18.4 Å². The molecule has 1 atom stereocenters. The Morgan fingerprint density at radius 2 is 2.48 bits per heavy atom. The van der Waals surface area contributed by atoms with E-state index in [0.717, 1.165) is 29.7 Å². The molecule has 2 heterocycles. The number of carbonyl (C=O) groups excluding carboxylic acids is 1. The van der Waals surface area contributed by atoms with Crippen LogP contribution in [0.15, 0.2) is 28.9 Å². The van der Waals surface area contributed by atoms with Gasteiger partial charge in [0, 0.05) is 17.6 Å². The molecule has 3 rings (SSSR count). The highest BCUT2D eigenvalue weighted by Crippen LogP contribution is 2.39. The highest BCUT2D eigenvalue weighted by atomic mass is 32.1. The van der Waals surface area contributed by atoms with Crippen LogP contribution < -0.4 is 5.32 Å². The molecule has 0 saturated carbocycles. The number of nitriles is 1. The molecule has 0 aromatic carbocycles. The molecular formula is C17H16N2O3S. The summed E-state index contributed by atoms with van der Waals surface area (Å²) in [4.78, 5) is 13.1. The second-order valence-corrected chi connectivity index (χ2v) is 6.55. The molecule has 0 fully saturated rings. The zero-order valence-electron chi connectivity index (χ0n) is 12.4. The molecule has 0 aliphatic heterocycles. The highest BCUT2D eigenvalue weighted by Gasteiger charge is 2.25. The van der Waals surface area contributed by atoms with E-state index in [1.54, 1.807) is 18.2 Å². The Bertz CT molecular complexity index is 769. The minimum absolute atomic E-state index is 0.160. The smallest absolute Gasteiger partial charge is 0.249 e. The zero-order chi connectivity index (χ0) is 16.2. The molecular weight excluding hydrogens is 312 g/mol. The second kappa shape index (κ2) is 6.82. The van der Waals surface area contributed by atoms with Gasteiger partial charge < -0.3 is 14.8 Å². The monoisotopic (exact) mass is 328 g/mol. The van der Waals surface area contributed by atoms with Crippen LogP contribution in [0.25, 0.3) is 6.08 Å². The first-order valence-electron chi connectivity index (χ1n) is 7.39. The first-order chi connectivity index (χ1) is 11.2. The molecule has 1 aliphatic carbocycles. The predicted octanol–water partition coefficient (Wildman–Crippen LogP) is 2.96. The number of fused-ring (bicyclic) bond motifs is 1. The van der Waals surface area contributed by atoms with Crippen molar-refractivity contribution in [3.8, 4) is 6.07 Å². The molecule has 1 unspecified atom stereocenters. The quantitative estimate of drug-likeness (QED) is 0.845. The number of nitrogens with zero attached hydrogens (tertiary/aromatic N) is 1. The largest absolute Gasteiger partial charge is 0.465 e. The Hall–Kier alpha value is -2.36. The third-order valence-corrected chi connectivity index (χ3v) is 5.09. The first-order valence-corrected chi connectivity index (χ1v) is 8.21. The van der Waals surface area contributed by atoms with Crippen molar-refractivity contribution in [2.24, 2.45) is 5.92 Å². The summed E-state index contributed by atoms with van der Waals surface area (Å²) in [5, 5.41) is 22.1. The van der Waals surface area contributed by atoms with Crippen molar-refractivity contribution in [3.05, 3.63) is 46.2 Å². The van der Waals surface area contributed by atoms with Gasteiger partial charge in [-0.25, -0.2) is 0 Å². The van der Waals surface area contributed by atoms with Gasteiger partial charge >= 0.3 is 0 Å². The average Bonchev–Trinajstić information content (AvgIpc) is 3.19. The second-order valence-electron chi connectivity index (χ2n) is 5.45. The van der Waals surface area contributed by atoms with E-state index in [2.05, 4.69) is 11.4 Å². The maximum Gasteiger partial charge on any atom is 0.249 e. The summed E-state index contributed by atoms with van der Waals surface area (Å²) in [6, 6.07) is 5.70. The summed E-state index contributed by atoms with van der Waals surface area (Å²) < 4.78 is 5.13. The molecule has 6 heteroatoms. The summed E-state index contributed by atoms with van der Waals surface area (Å²) in [6.45, 7) is 0.160. The van der Waals surface area contributed by atoms with E-state index in [1.165, 1.54) is 23.7 Å². The van der Waals surface area contributed by atoms with Crippen molar-refractivity contribution in [2.45, 2.75) is 19.3 Å². The van der Waals surface area contributed by atoms with Gasteiger partial charge in [0.25, 0.3) is 0 Å². The normalized spacial score (nSPS) is 17.0. The lowest BCUT2D eigenvalue weighted by molar-refractivity contribution is -0.111. The maximum atomic E-state index is 12.0. The number of hydrogen-bond donors (Lipinski definition) is 2. The fourth-order valence-electron chi connectivity index (χ4n) is 2.71. The Morgan fingerprint density at radius 3 is 3.17 bits per heavy atom. The summed E-state index contributed by atoms with van der Waals surface area (Å²) in [7, 11) is 0. The van der Waals surface area contributed by atoms with Crippen LogP contribution in [0.5, 0.6) is 0 Å². The van der Waals surface area contributed by atoms with Crippen LogP contribution in [0.1, 0.15) is 28.2 Å². The summed E-state index contributed by atoms with van der Waals surface area (Å²) >= 11 is 1.43. The lowest BCUT2D eigenvalue weighted by Gasteiger charge is -2.19. The van der Waals surface area contributed by atoms with Crippen molar-refractivity contribution in [1.29, 1.82) is 5.26 Å². The van der Waals surface area contributed by atoms with Crippen LogP contribution in [0.3, 0.4) is 0 Å². The Labute approximate surface area is 137 Å². The van der Waals surface area contributed by atoms with Crippen molar-refractivity contribution in [2.75, 3.05) is 11.9 Å². The Kier molecular flexibility index (Phi) is 4.60. The minimum atomic E-state index is -0.296. The van der Waals surface area contributed by atoms with Crippen molar-refractivity contribution in [3.63, 3.8) is 0 Å². The molecule has 2 aromatic heterocycles. The minimum Gasteiger partial charge on any atom is -0.465 e. The van der Waals surface area contributed by atoms with Gasteiger partial charge in [-0.15, -0.1) is 11.3 Å². The summed E-state index contributed by atoms with van der Waals surface area (Å²) in [6.07, 6.45) is 6.92. The molecule has 1 aliphatic rings. The van der Waals surface area contributed by atoms with E-state index < -0.39 is 0 Å². The fraction of sp³-hybridized carbons (Fsp3) is 0.294. The van der Waals surface area contributed by atoms with Crippen LogP contribution in [-0.2, 0) is 17.6 Å². The van der Waals surface area contributed by atoms with Gasteiger partial charge in [0.15, 0.2) is 0 Å². The van der Waals surface area contributed by atoms with E-state index in [4.69, 9.17) is 4.42 Å². The number of amides is 1. The molecule has 0 saturated heterocycles. The SMILES string of the molecule is N#Cc1c(NC(=O)/C=C/c2ccco2)sc2c1CCC(CO)C2. The number of furan rings is 1. The highest BCUT2D eigenvalue weighted by molar-refractivity contribution is 7.16. The lowest BCUT2D eigenvalue weighted by atomic mass is 9.88.